The van der Waals surface area contributed by atoms with Gasteiger partial charge in [-0.05, 0) is 23.6 Å². The molecule has 0 saturated heterocycles. The molecule has 0 aromatic heterocycles. The number of nitro groups is 1. The van der Waals surface area contributed by atoms with Crippen LogP contribution in [-0.2, 0) is 13.0 Å². The number of rotatable bonds is 9. The zero-order chi connectivity index (χ0) is 20.6. The summed E-state index contributed by atoms with van der Waals surface area (Å²) in [5.74, 6) is -0.421. The summed E-state index contributed by atoms with van der Waals surface area (Å²) in [6.07, 6.45) is -0.286. The van der Waals surface area contributed by atoms with Crippen molar-refractivity contribution in [2.45, 2.75) is 19.1 Å². The number of halogens is 1. The Labute approximate surface area is 169 Å². The zero-order valence-electron chi connectivity index (χ0n) is 15.9. The highest BCUT2D eigenvalue weighted by atomic mass is 19.1. The summed E-state index contributed by atoms with van der Waals surface area (Å²) < 4.78 is 14.0. The summed E-state index contributed by atoms with van der Waals surface area (Å²) in [5.41, 5.74) is 2.40. The van der Waals surface area contributed by atoms with Gasteiger partial charge in [0.25, 0.3) is 5.69 Å². The van der Waals surface area contributed by atoms with Gasteiger partial charge >= 0.3 is 0 Å². The number of nitro benzene ring substituents is 1. The molecule has 0 aliphatic rings. The van der Waals surface area contributed by atoms with Crippen molar-refractivity contribution in [3.63, 3.8) is 0 Å². The largest absolute Gasteiger partial charge is 0.387 e. The second-order valence-electron chi connectivity index (χ2n) is 6.93. The maximum atomic E-state index is 14.0. The molecule has 0 heterocycles. The first-order valence-electron chi connectivity index (χ1n) is 9.45. The predicted octanol–water partition coefficient (Wildman–Crippen LogP) is 4.51. The number of benzene rings is 3. The quantitative estimate of drug-likeness (QED) is 0.428. The van der Waals surface area contributed by atoms with E-state index in [4.69, 9.17) is 0 Å². The monoisotopic (exact) mass is 394 g/mol. The third kappa shape index (κ3) is 5.94. The number of aliphatic hydroxyl groups excluding tert-OH is 1. The molecule has 0 aliphatic heterocycles. The summed E-state index contributed by atoms with van der Waals surface area (Å²) in [6.45, 7) is 1.51. The van der Waals surface area contributed by atoms with Crippen LogP contribution in [0.4, 0.5) is 10.1 Å². The molecule has 29 heavy (non-hydrogen) atoms. The molecule has 0 fully saturated rings. The van der Waals surface area contributed by atoms with E-state index in [0.29, 0.717) is 19.5 Å². The maximum Gasteiger partial charge on any atom is 0.269 e. The molecule has 1 unspecified atom stereocenters. The van der Waals surface area contributed by atoms with Gasteiger partial charge in [-0.2, -0.15) is 0 Å². The SMILES string of the molecule is O=[N+]([O-])c1ccc(CCN(Cc2ccccc2)CC(O)c2ccccc2F)cc1. The van der Waals surface area contributed by atoms with Gasteiger partial charge in [-0.1, -0.05) is 60.7 Å². The fraction of sp³-hybridized carbons (Fsp3) is 0.217. The predicted molar refractivity (Wildman–Crippen MR) is 110 cm³/mol. The van der Waals surface area contributed by atoms with E-state index in [0.717, 1.165) is 11.1 Å². The molecule has 0 spiro atoms. The molecule has 6 heteroatoms. The lowest BCUT2D eigenvalue weighted by Crippen LogP contribution is -2.30. The molecule has 150 valence electrons. The van der Waals surface area contributed by atoms with Crippen LogP contribution in [-0.4, -0.2) is 28.0 Å². The van der Waals surface area contributed by atoms with Crippen LogP contribution in [0.25, 0.3) is 0 Å². The first kappa shape index (κ1) is 20.6. The number of hydrogen-bond acceptors (Lipinski definition) is 4. The fourth-order valence-electron chi connectivity index (χ4n) is 3.24. The van der Waals surface area contributed by atoms with Crippen molar-refractivity contribution in [1.82, 2.24) is 4.90 Å². The minimum atomic E-state index is -0.947. The lowest BCUT2D eigenvalue weighted by molar-refractivity contribution is -0.384. The number of aliphatic hydroxyl groups is 1. The highest BCUT2D eigenvalue weighted by molar-refractivity contribution is 5.33. The van der Waals surface area contributed by atoms with Crippen molar-refractivity contribution in [1.29, 1.82) is 0 Å². The second-order valence-corrected chi connectivity index (χ2v) is 6.93. The van der Waals surface area contributed by atoms with Gasteiger partial charge in [-0.25, -0.2) is 4.39 Å². The molecule has 3 aromatic rings. The van der Waals surface area contributed by atoms with Gasteiger partial charge in [0.2, 0.25) is 0 Å². The first-order chi connectivity index (χ1) is 14.0. The van der Waals surface area contributed by atoms with E-state index >= 15 is 0 Å². The van der Waals surface area contributed by atoms with E-state index in [-0.39, 0.29) is 17.8 Å². The van der Waals surface area contributed by atoms with Gasteiger partial charge in [-0.3, -0.25) is 15.0 Å². The van der Waals surface area contributed by atoms with Crippen molar-refractivity contribution < 1.29 is 14.4 Å². The molecular weight excluding hydrogens is 371 g/mol. The lowest BCUT2D eigenvalue weighted by Gasteiger charge is -2.25. The molecule has 3 aromatic carbocycles. The smallest absolute Gasteiger partial charge is 0.269 e. The highest BCUT2D eigenvalue weighted by Gasteiger charge is 2.17. The van der Waals surface area contributed by atoms with Crippen molar-refractivity contribution >= 4 is 5.69 Å². The minimum absolute atomic E-state index is 0.0601. The third-order valence-corrected chi connectivity index (χ3v) is 4.81. The lowest BCUT2D eigenvalue weighted by atomic mass is 10.1. The Kier molecular flexibility index (Phi) is 7.05. The molecular formula is C23H23FN2O3. The summed E-state index contributed by atoms with van der Waals surface area (Å²) in [6, 6.07) is 22.6. The number of non-ortho nitro benzene ring substituents is 1. The standard InChI is InChI=1S/C23H23FN2O3/c24-22-9-5-4-8-21(22)23(27)17-25(16-19-6-2-1-3-7-19)15-14-18-10-12-20(13-11-18)26(28)29/h1-13,23,27H,14-17H2. The Balaban J connectivity index is 1.70. The Hall–Kier alpha value is -3.09. The van der Waals surface area contributed by atoms with Crippen LogP contribution in [0.2, 0.25) is 0 Å². The Morgan fingerprint density at radius 2 is 1.59 bits per heavy atom. The average molecular weight is 394 g/mol. The Morgan fingerprint density at radius 1 is 0.931 bits per heavy atom. The van der Waals surface area contributed by atoms with Gasteiger partial charge in [0.1, 0.15) is 5.82 Å². The first-order valence-corrected chi connectivity index (χ1v) is 9.45. The van der Waals surface area contributed by atoms with Crippen LogP contribution in [0.1, 0.15) is 22.8 Å². The van der Waals surface area contributed by atoms with E-state index in [2.05, 4.69) is 4.90 Å². The van der Waals surface area contributed by atoms with Gasteiger partial charge < -0.3 is 5.11 Å². The molecule has 0 aliphatic carbocycles. The van der Waals surface area contributed by atoms with E-state index in [9.17, 15) is 19.6 Å². The summed E-state index contributed by atoms with van der Waals surface area (Å²) in [4.78, 5) is 12.4. The van der Waals surface area contributed by atoms with Crippen LogP contribution in [0.3, 0.4) is 0 Å². The van der Waals surface area contributed by atoms with Crippen molar-refractivity contribution in [3.05, 3.63) is 111 Å². The molecule has 0 radical (unpaired) electrons. The van der Waals surface area contributed by atoms with Crippen molar-refractivity contribution in [2.24, 2.45) is 0 Å². The Morgan fingerprint density at radius 3 is 2.24 bits per heavy atom. The maximum absolute atomic E-state index is 14.0. The fourth-order valence-corrected chi connectivity index (χ4v) is 3.24. The van der Waals surface area contributed by atoms with Gasteiger partial charge in [0.05, 0.1) is 11.0 Å². The average Bonchev–Trinajstić information content (AvgIpc) is 2.73. The van der Waals surface area contributed by atoms with E-state index in [1.54, 1.807) is 30.3 Å². The highest BCUT2D eigenvalue weighted by Crippen LogP contribution is 2.20. The molecule has 1 atom stereocenters. The molecule has 0 saturated carbocycles. The van der Waals surface area contributed by atoms with Crippen LogP contribution in [0.5, 0.6) is 0 Å². The van der Waals surface area contributed by atoms with E-state index < -0.39 is 16.8 Å². The van der Waals surface area contributed by atoms with Gasteiger partial charge in [0.15, 0.2) is 0 Å². The minimum Gasteiger partial charge on any atom is -0.387 e. The normalized spacial score (nSPS) is 12.1. The molecule has 1 N–H and O–H groups in total. The third-order valence-electron chi connectivity index (χ3n) is 4.81. The zero-order valence-corrected chi connectivity index (χ0v) is 15.9. The van der Waals surface area contributed by atoms with Gasteiger partial charge in [0, 0.05) is 37.3 Å². The summed E-state index contributed by atoms with van der Waals surface area (Å²) in [5, 5.41) is 21.4. The summed E-state index contributed by atoms with van der Waals surface area (Å²) in [7, 11) is 0. The van der Waals surface area contributed by atoms with Gasteiger partial charge in [-0.15, -0.1) is 0 Å². The van der Waals surface area contributed by atoms with Crippen LogP contribution < -0.4 is 0 Å². The molecule has 5 nitrogen and oxygen atoms in total. The van der Waals surface area contributed by atoms with E-state index in [1.807, 2.05) is 30.3 Å². The van der Waals surface area contributed by atoms with Crippen molar-refractivity contribution in [2.75, 3.05) is 13.1 Å². The van der Waals surface area contributed by atoms with Crippen molar-refractivity contribution in [3.8, 4) is 0 Å². The molecule has 3 rings (SSSR count). The van der Waals surface area contributed by atoms with Crippen LogP contribution in [0, 0.1) is 15.9 Å². The topological polar surface area (TPSA) is 66.6 Å². The number of nitrogens with zero attached hydrogens (tertiary/aromatic N) is 2. The summed E-state index contributed by atoms with van der Waals surface area (Å²) >= 11 is 0. The van der Waals surface area contributed by atoms with E-state index in [1.165, 1.54) is 18.2 Å². The Bertz CT molecular complexity index is 932. The molecule has 0 amide bonds. The van der Waals surface area contributed by atoms with Crippen LogP contribution in [0.15, 0.2) is 78.9 Å². The second kappa shape index (κ2) is 9.91. The molecule has 0 bridgehead atoms. The number of hydrogen-bond donors (Lipinski definition) is 1. The van der Waals surface area contributed by atoms with Crippen LogP contribution >= 0.6 is 0 Å².